The molecule has 3 N–H and O–H groups in total. The van der Waals surface area contributed by atoms with Crippen LogP contribution in [0.5, 0.6) is 0 Å². The second kappa shape index (κ2) is 2.45. The molecule has 52 valence electrons. The number of rotatable bonds is 0. The van der Waals surface area contributed by atoms with Crippen molar-refractivity contribution in [3.05, 3.63) is 24.5 Å². The van der Waals surface area contributed by atoms with E-state index in [2.05, 4.69) is 15.2 Å². The molecule has 4 nitrogen and oxygen atoms in total. The van der Waals surface area contributed by atoms with Gasteiger partial charge in [0.1, 0.15) is 0 Å². The van der Waals surface area contributed by atoms with Crippen LogP contribution in [-0.2, 0) is 0 Å². The Balaban J connectivity index is 0.000000500. The number of H-pyrrole nitrogens is 1. The SMILES string of the molecule is O.c1cnc2[nH]ncc2c1. The maximum atomic E-state index is 4.02. The van der Waals surface area contributed by atoms with Crippen LogP contribution >= 0.6 is 0 Å². The van der Waals surface area contributed by atoms with E-state index in [1.807, 2.05) is 12.1 Å². The maximum absolute atomic E-state index is 4.02. The molecule has 0 saturated carbocycles. The first-order valence-corrected chi connectivity index (χ1v) is 2.71. The molecule has 0 radical (unpaired) electrons. The molecular weight excluding hydrogens is 130 g/mol. The Morgan fingerprint density at radius 2 is 2.30 bits per heavy atom. The highest BCUT2D eigenvalue weighted by Gasteiger charge is 1.89. The van der Waals surface area contributed by atoms with Crippen LogP contribution in [0.4, 0.5) is 0 Å². The molecule has 0 saturated heterocycles. The Kier molecular flexibility index (Phi) is 1.64. The fraction of sp³-hybridized carbons (Fsp3) is 0. The zero-order chi connectivity index (χ0) is 6.10. The van der Waals surface area contributed by atoms with Crippen LogP contribution in [0.2, 0.25) is 0 Å². The first-order chi connectivity index (χ1) is 4.47. The first kappa shape index (κ1) is 6.70. The van der Waals surface area contributed by atoms with Gasteiger partial charge in [-0.1, -0.05) is 0 Å². The number of pyridine rings is 1. The number of aromatic amines is 1. The molecule has 10 heavy (non-hydrogen) atoms. The van der Waals surface area contributed by atoms with Crippen molar-refractivity contribution in [3.63, 3.8) is 0 Å². The van der Waals surface area contributed by atoms with E-state index in [1.165, 1.54) is 0 Å². The van der Waals surface area contributed by atoms with Gasteiger partial charge in [0.2, 0.25) is 0 Å². The molecule has 0 aliphatic carbocycles. The molecule has 0 amide bonds. The largest absolute Gasteiger partial charge is 0.412 e. The number of aromatic nitrogens is 3. The van der Waals surface area contributed by atoms with Crippen LogP contribution in [0.25, 0.3) is 11.0 Å². The van der Waals surface area contributed by atoms with E-state index in [4.69, 9.17) is 0 Å². The molecule has 2 aromatic rings. The fourth-order valence-corrected chi connectivity index (χ4v) is 0.778. The number of fused-ring (bicyclic) bond motifs is 1. The van der Waals surface area contributed by atoms with Gasteiger partial charge in [0, 0.05) is 11.6 Å². The van der Waals surface area contributed by atoms with Gasteiger partial charge in [0.15, 0.2) is 5.65 Å². The number of nitrogens with one attached hydrogen (secondary N) is 1. The Morgan fingerprint density at radius 1 is 1.40 bits per heavy atom. The quantitative estimate of drug-likeness (QED) is 0.560. The maximum Gasteiger partial charge on any atom is 0.155 e. The van der Waals surface area contributed by atoms with Gasteiger partial charge in [0.25, 0.3) is 0 Å². The van der Waals surface area contributed by atoms with E-state index in [0.29, 0.717) is 0 Å². The molecule has 0 bridgehead atoms. The lowest BCUT2D eigenvalue weighted by atomic mass is 10.4. The molecule has 0 aliphatic heterocycles. The summed E-state index contributed by atoms with van der Waals surface area (Å²) in [5, 5.41) is 7.63. The summed E-state index contributed by atoms with van der Waals surface area (Å²) in [6.45, 7) is 0. The Bertz CT molecular complexity index is 287. The second-order valence-electron chi connectivity index (χ2n) is 1.81. The van der Waals surface area contributed by atoms with Crippen molar-refractivity contribution in [1.82, 2.24) is 15.2 Å². The first-order valence-electron chi connectivity index (χ1n) is 2.71. The summed E-state index contributed by atoms with van der Waals surface area (Å²) < 4.78 is 0. The molecule has 0 unspecified atom stereocenters. The second-order valence-corrected chi connectivity index (χ2v) is 1.81. The van der Waals surface area contributed by atoms with Crippen LogP contribution in [0, 0.1) is 0 Å². The third-order valence-corrected chi connectivity index (χ3v) is 1.21. The van der Waals surface area contributed by atoms with Crippen molar-refractivity contribution >= 4 is 11.0 Å². The molecule has 0 fully saturated rings. The van der Waals surface area contributed by atoms with Gasteiger partial charge in [-0.15, -0.1) is 0 Å². The lowest BCUT2D eigenvalue weighted by Crippen LogP contribution is -1.71. The highest BCUT2D eigenvalue weighted by atomic mass is 16.0. The fourth-order valence-electron chi connectivity index (χ4n) is 0.778. The van der Waals surface area contributed by atoms with E-state index < -0.39 is 0 Å². The van der Waals surface area contributed by atoms with Crippen LogP contribution in [-0.4, -0.2) is 20.7 Å². The van der Waals surface area contributed by atoms with Crippen molar-refractivity contribution in [2.45, 2.75) is 0 Å². The van der Waals surface area contributed by atoms with Gasteiger partial charge < -0.3 is 5.48 Å². The lowest BCUT2D eigenvalue weighted by molar-refractivity contribution is 0.824. The normalized spacial score (nSPS) is 9.20. The average molecular weight is 137 g/mol. The Hall–Kier alpha value is -1.42. The molecule has 0 atom stereocenters. The van der Waals surface area contributed by atoms with Gasteiger partial charge in [-0.2, -0.15) is 5.10 Å². The monoisotopic (exact) mass is 137 g/mol. The van der Waals surface area contributed by atoms with Gasteiger partial charge in [-0.05, 0) is 12.1 Å². The Morgan fingerprint density at radius 3 is 3.10 bits per heavy atom. The number of hydrogen-bond donors (Lipinski definition) is 1. The zero-order valence-corrected chi connectivity index (χ0v) is 5.20. The van der Waals surface area contributed by atoms with E-state index in [0.717, 1.165) is 11.0 Å². The van der Waals surface area contributed by atoms with Crippen LogP contribution in [0.3, 0.4) is 0 Å². The molecule has 2 rings (SSSR count). The molecule has 2 heterocycles. The summed E-state index contributed by atoms with van der Waals surface area (Å²) in [7, 11) is 0. The summed E-state index contributed by atoms with van der Waals surface area (Å²) >= 11 is 0. The van der Waals surface area contributed by atoms with Crippen LogP contribution < -0.4 is 0 Å². The number of hydrogen-bond acceptors (Lipinski definition) is 2. The molecule has 4 heteroatoms. The standard InChI is InChI=1S/C6H5N3.H2O/c1-2-5-4-8-9-6(5)7-3-1;/h1-4H,(H,7,8,9);1H2. The van der Waals surface area contributed by atoms with E-state index in [-0.39, 0.29) is 5.48 Å². The van der Waals surface area contributed by atoms with E-state index in [9.17, 15) is 0 Å². The van der Waals surface area contributed by atoms with E-state index >= 15 is 0 Å². The highest BCUT2D eigenvalue weighted by molar-refractivity contribution is 5.72. The predicted molar refractivity (Wildman–Crippen MR) is 37.5 cm³/mol. The van der Waals surface area contributed by atoms with Gasteiger partial charge in [0.05, 0.1) is 6.20 Å². The van der Waals surface area contributed by atoms with Crippen molar-refractivity contribution in [2.24, 2.45) is 0 Å². The van der Waals surface area contributed by atoms with Gasteiger partial charge >= 0.3 is 0 Å². The molecule has 0 aromatic carbocycles. The Labute approximate surface area is 57.2 Å². The predicted octanol–water partition coefficient (Wildman–Crippen LogP) is 0.133. The summed E-state index contributed by atoms with van der Waals surface area (Å²) in [4.78, 5) is 4.02. The molecule has 0 spiro atoms. The summed E-state index contributed by atoms with van der Waals surface area (Å²) in [6, 6.07) is 3.85. The topological polar surface area (TPSA) is 73.1 Å². The number of nitrogens with zero attached hydrogens (tertiary/aromatic N) is 2. The summed E-state index contributed by atoms with van der Waals surface area (Å²) in [6.07, 6.45) is 3.49. The lowest BCUT2D eigenvalue weighted by Gasteiger charge is -1.80. The minimum Gasteiger partial charge on any atom is -0.412 e. The van der Waals surface area contributed by atoms with E-state index in [1.54, 1.807) is 12.4 Å². The summed E-state index contributed by atoms with van der Waals surface area (Å²) in [5.74, 6) is 0. The van der Waals surface area contributed by atoms with Crippen molar-refractivity contribution < 1.29 is 5.48 Å². The van der Waals surface area contributed by atoms with Gasteiger partial charge in [-0.25, -0.2) is 4.98 Å². The van der Waals surface area contributed by atoms with Crippen LogP contribution in [0.15, 0.2) is 24.5 Å². The van der Waals surface area contributed by atoms with Crippen molar-refractivity contribution in [2.75, 3.05) is 0 Å². The zero-order valence-electron chi connectivity index (χ0n) is 5.20. The van der Waals surface area contributed by atoms with Crippen molar-refractivity contribution in [1.29, 1.82) is 0 Å². The third-order valence-electron chi connectivity index (χ3n) is 1.21. The molecule has 0 aliphatic rings. The minimum atomic E-state index is 0. The average Bonchev–Trinajstić information content (AvgIpc) is 2.33. The molecule has 2 aromatic heterocycles. The summed E-state index contributed by atoms with van der Waals surface area (Å²) in [5.41, 5.74) is 0.845. The molecular formula is C6H7N3O. The smallest absolute Gasteiger partial charge is 0.155 e. The minimum absolute atomic E-state index is 0. The van der Waals surface area contributed by atoms with Crippen molar-refractivity contribution in [3.8, 4) is 0 Å². The third kappa shape index (κ3) is 0.844. The highest BCUT2D eigenvalue weighted by Crippen LogP contribution is 2.03. The van der Waals surface area contributed by atoms with Crippen LogP contribution in [0.1, 0.15) is 0 Å². The van der Waals surface area contributed by atoms with Gasteiger partial charge in [-0.3, -0.25) is 5.10 Å².